The summed E-state index contributed by atoms with van der Waals surface area (Å²) in [5.41, 5.74) is 3.91. The second-order valence-electron chi connectivity index (χ2n) is 9.14. The third-order valence-electron chi connectivity index (χ3n) is 6.48. The van der Waals surface area contributed by atoms with Gasteiger partial charge in [-0.05, 0) is 55.0 Å². The van der Waals surface area contributed by atoms with Crippen molar-refractivity contribution in [3.63, 3.8) is 0 Å². The standard InChI is InChI=1S/C26H31N3O3/c1-17(2)19-9-7-10-21(14-19)29-16-20(15-23(29)30)25(31)27-22-11-6-8-18(3)24(22)26(32)28-12-4-5-13-28/h6-11,14,17,20H,4-5,12-13,15-16H2,1-3H3,(H,27,31). The molecule has 1 unspecified atom stereocenters. The lowest BCUT2D eigenvalue weighted by Gasteiger charge is -2.21. The molecule has 0 bridgehead atoms. The molecule has 0 spiro atoms. The number of hydrogen-bond acceptors (Lipinski definition) is 3. The molecule has 4 rings (SSSR count). The van der Waals surface area contributed by atoms with E-state index in [4.69, 9.17) is 0 Å². The van der Waals surface area contributed by atoms with Gasteiger partial charge >= 0.3 is 0 Å². The highest BCUT2D eigenvalue weighted by atomic mass is 16.2. The Hall–Kier alpha value is -3.15. The lowest BCUT2D eigenvalue weighted by molar-refractivity contribution is -0.122. The fourth-order valence-corrected chi connectivity index (χ4v) is 4.55. The number of aryl methyl sites for hydroxylation is 1. The normalized spacial score (nSPS) is 18.5. The zero-order valence-corrected chi connectivity index (χ0v) is 19.1. The molecule has 2 saturated heterocycles. The molecule has 1 N–H and O–H groups in total. The van der Waals surface area contributed by atoms with Gasteiger partial charge in [-0.3, -0.25) is 14.4 Å². The maximum absolute atomic E-state index is 13.1. The van der Waals surface area contributed by atoms with Crippen molar-refractivity contribution in [1.82, 2.24) is 4.90 Å². The quantitative estimate of drug-likeness (QED) is 0.762. The summed E-state index contributed by atoms with van der Waals surface area (Å²) in [6, 6.07) is 13.4. The van der Waals surface area contributed by atoms with E-state index in [2.05, 4.69) is 25.2 Å². The van der Waals surface area contributed by atoms with Crippen molar-refractivity contribution >= 4 is 29.1 Å². The predicted octanol–water partition coefficient (Wildman–Crippen LogP) is 4.35. The average Bonchev–Trinajstić information content (AvgIpc) is 3.44. The van der Waals surface area contributed by atoms with Crippen LogP contribution in [0.4, 0.5) is 11.4 Å². The van der Waals surface area contributed by atoms with Crippen LogP contribution in [0, 0.1) is 12.8 Å². The summed E-state index contributed by atoms with van der Waals surface area (Å²) in [7, 11) is 0. The number of amides is 3. The minimum atomic E-state index is -0.458. The molecule has 6 nitrogen and oxygen atoms in total. The first-order chi connectivity index (χ1) is 15.3. The monoisotopic (exact) mass is 433 g/mol. The molecule has 1 atom stereocenters. The second-order valence-corrected chi connectivity index (χ2v) is 9.14. The lowest BCUT2D eigenvalue weighted by Crippen LogP contribution is -2.31. The molecule has 0 radical (unpaired) electrons. The molecule has 2 aliphatic rings. The highest BCUT2D eigenvalue weighted by Crippen LogP contribution is 2.30. The Bertz CT molecular complexity index is 1040. The van der Waals surface area contributed by atoms with Gasteiger partial charge in [-0.1, -0.05) is 38.1 Å². The van der Waals surface area contributed by atoms with E-state index >= 15 is 0 Å². The van der Waals surface area contributed by atoms with E-state index in [1.165, 1.54) is 0 Å². The smallest absolute Gasteiger partial charge is 0.256 e. The second kappa shape index (κ2) is 9.15. The molecule has 3 amide bonds. The number of nitrogens with zero attached hydrogens (tertiary/aromatic N) is 2. The number of anilines is 2. The van der Waals surface area contributed by atoms with Crippen LogP contribution in [-0.2, 0) is 9.59 Å². The molecule has 32 heavy (non-hydrogen) atoms. The summed E-state index contributed by atoms with van der Waals surface area (Å²) in [6.07, 6.45) is 2.19. The molecule has 168 valence electrons. The number of hydrogen-bond donors (Lipinski definition) is 1. The van der Waals surface area contributed by atoms with Crippen LogP contribution < -0.4 is 10.2 Å². The third kappa shape index (κ3) is 4.40. The maximum Gasteiger partial charge on any atom is 0.256 e. The fourth-order valence-electron chi connectivity index (χ4n) is 4.55. The molecule has 6 heteroatoms. The molecule has 2 heterocycles. The maximum atomic E-state index is 13.1. The van der Waals surface area contributed by atoms with Crippen LogP contribution in [0.5, 0.6) is 0 Å². The van der Waals surface area contributed by atoms with E-state index in [0.717, 1.165) is 42.7 Å². The topological polar surface area (TPSA) is 69.7 Å². The van der Waals surface area contributed by atoms with Crippen LogP contribution in [0.1, 0.15) is 60.5 Å². The molecular formula is C26H31N3O3. The first kappa shape index (κ1) is 22.1. The number of rotatable bonds is 5. The SMILES string of the molecule is Cc1cccc(NC(=O)C2CC(=O)N(c3cccc(C(C)C)c3)C2)c1C(=O)N1CCCC1. The molecule has 2 aromatic rings. The van der Waals surface area contributed by atoms with Crippen molar-refractivity contribution in [2.24, 2.45) is 5.92 Å². The molecular weight excluding hydrogens is 402 g/mol. The van der Waals surface area contributed by atoms with E-state index in [-0.39, 0.29) is 24.1 Å². The van der Waals surface area contributed by atoms with Crippen molar-refractivity contribution in [2.45, 2.75) is 46.0 Å². The van der Waals surface area contributed by atoms with Gasteiger partial charge in [0.25, 0.3) is 5.91 Å². The Labute approximate surface area is 189 Å². The third-order valence-corrected chi connectivity index (χ3v) is 6.48. The van der Waals surface area contributed by atoms with Gasteiger partial charge in [0.05, 0.1) is 17.2 Å². The Balaban J connectivity index is 1.51. The fraction of sp³-hybridized carbons (Fsp3) is 0.423. The van der Waals surface area contributed by atoms with E-state index in [0.29, 0.717) is 23.7 Å². The zero-order chi connectivity index (χ0) is 22.8. The Morgan fingerprint density at radius 3 is 2.50 bits per heavy atom. The van der Waals surface area contributed by atoms with Crippen molar-refractivity contribution in [1.29, 1.82) is 0 Å². The summed E-state index contributed by atoms with van der Waals surface area (Å²) in [6.45, 7) is 7.97. The van der Waals surface area contributed by atoms with Crippen LogP contribution in [0.15, 0.2) is 42.5 Å². The van der Waals surface area contributed by atoms with Crippen molar-refractivity contribution in [3.8, 4) is 0 Å². The van der Waals surface area contributed by atoms with E-state index < -0.39 is 5.92 Å². The van der Waals surface area contributed by atoms with Crippen LogP contribution >= 0.6 is 0 Å². The Morgan fingerprint density at radius 2 is 1.78 bits per heavy atom. The average molecular weight is 434 g/mol. The van der Waals surface area contributed by atoms with Gasteiger partial charge in [-0.15, -0.1) is 0 Å². The molecule has 0 aliphatic carbocycles. The van der Waals surface area contributed by atoms with E-state index in [1.807, 2.05) is 42.2 Å². The van der Waals surface area contributed by atoms with Crippen LogP contribution in [0.2, 0.25) is 0 Å². The van der Waals surface area contributed by atoms with Gasteiger partial charge in [0.2, 0.25) is 11.8 Å². The number of benzene rings is 2. The van der Waals surface area contributed by atoms with Crippen molar-refractivity contribution in [3.05, 3.63) is 59.2 Å². The molecule has 0 saturated carbocycles. The van der Waals surface area contributed by atoms with Gasteiger partial charge in [0.1, 0.15) is 0 Å². The largest absolute Gasteiger partial charge is 0.339 e. The molecule has 0 aromatic heterocycles. The summed E-state index contributed by atoms with van der Waals surface area (Å²) in [5, 5.41) is 2.95. The summed E-state index contributed by atoms with van der Waals surface area (Å²) >= 11 is 0. The first-order valence-electron chi connectivity index (χ1n) is 11.4. The predicted molar refractivity (Wildman–Crippen MR) is 126 cm³/mol. The van der Waals surface area contributed by atoms with Gasteiger partial charge in [-0.25, -0.2) is 0 Å². The zero-order valence-electron chi connectivity index (χ0n) is 19.1. The van der Waals surface area contributed by atoms with Gasteiger partial charge < -0.3 is 15.1 Å². The number of carbonyl (C=O) groups is 3. The Kier molecular flexibility index (Phi) is 6.31. The van der Waals surface area contributed by atoms with Crippen LogP contribution in [-0.4, -0.2) is 42.3 Å². The van der Waals surface area contributed by atoms with Crippen LogP contribution in [0.25, 0.3) is 0 Å². The first-order valence-corrected chi connectivity index (χ1v) is 11.4. The summed E-state index contributed by atoms with van der Waals surface area (Å²) < 4.78 is 0. The lowest BCUT2D eigenvalue weighted by atomic mass is 10.0. The van der Waals surface area contributed by atoms with Gasteiger partial charge in [0.15, 0.2) is 0 Å². The summed E-state index contributed by atoms with van der Waals surface area (Å²) in [5.74, 6) is -0.406. The number of carbonyl (C=O) groups excluding carboxylic acids is 3. The highest BCUT2D eigenvalue weighted by molar-refractivity contribution is 6.07. The number of nitrogens with one attached hydrogen (secondary N) is 1. The van der Waals surface area contributed by atoms with Gasteiger partial charge in [0, 0.05) is 31.7 Å². The summed E-state index contributed by atoms with van der Waals surface area (Å²) in [4.78, 5) is 42.4. The van der Waals surface area contributed by atoms with E-state index in [9.17, 15) is 14.4 Å². The minimum Gasteiger partial charge on any atom is -0.339 e. The minimum absolute atomic E-state index is 0.0366. The number of likely N-dealkylation sites (tertiary alicyclic amines) is 1. The van der Waals surface area contributed by atoms with Crippen LogP contribution in [0.3, 0.4) is 0 Å². The Morgan fingerprint density at radius 1 is 1.06 bits per heavy atom. The molecule has 2 aliphatic heterocycles. The van der Waals surface area contributed by atoms with Crippen molar-refractivity contribution < 1.29 is 14.4 Å². The van der Waals surface area contributed by atoms with E-state index in [1.54, 1.807) is 11.0 Å². The van der Waals surface area contributed by atoms with Gasteiger partial charge in [-0.2, -0.15) is 0 Å². The molecule has 2 aromatic carbocycles. The molecule has 2 fully saturated rings. The highest BCUT2D eigenvalue weighted by Gasteiger charge is 2.36. The van der Waals surface area contributed by atoms with Crippen molar-refractivity contribution in [2.75, 3.05) is 29.9 Å².